The first kappa shape index (κ1) is 16.2. The minimum Gasteiger partial charge on any atom is -0.531 e. The first-order valence-electron chi connectivity index (χ1n) is 6.13. The van der Waals surface area contributed by atoms with Crippen LogP contribution in [0.3, 0.4) is 0 Å². The summed E-state index contributed by atoms with van der Waals surface area (Å²) in [6.07, 6.45) is 3.48. The highest BCUT2D eigenvalue weighted by atomic mass is 28.4. The Hall–Kier alpha value is -0.773. The molecule has 0 aromatic carbocycles. The topological polar surface area (TPSA) is 30.8 Å². The summed E-state index contributed by atoms with van der Waals surface area (Å²) in [6, 6.07) is 0. The zero-order valence-electron chi connectivity index (χ0n) is 12.5. The van der Waals surface area contributed by atoms with E-state index in [0.717, 1.165) is 0 Å². The summed E-state index contributed by atoms with van der Waals surface area (Å²) < 4.78 is 11.3. The number of allylic oxidation sites excluding steroid dienone is 1. The Morgan fingerprint density at radius 2 is 1.76 bits per heavy atom. The molecule has 17 heavy (non-hydrogen) atoms. The van der Waals surface area contributed by atoms with E-state index in [4.69, 9.17) is 9.16 Å². The zero-order chi connectivity index (χ0) is 13.7. The summed E-state index contributed by atoms with van der Waals surface area (Å²) in [5.74, 6) is 0.650. The lowest BCUT2D eigenvalue weighted by Crippen LogP contribution is -2.40. The molecule has 4 heteroatoms. The standard InChI is InChI=1S/C13H27NO2Si/c1-9-12(14-10-15-11(2)3)16-17(7,8)13(4,5)6/h9-11H,1-8H3/b12-9+,14-10+. The van der Waals surface area contributed by atoms with Crippen LogP contribution in [0.4, 0.5) is 0 Å². The Labute approximate surface area is 107 Å². The van der Waals surface area contributed by atoms with E-state index in [-0.39, 0.29) is 11.1 Å². The molecule has 0 amide bonds. The van der Waals surface area contributed by atoms with Crippen molar-refractivity contribution in [3.05, 3.63) is 12.0 Å². The van der Waals surface area contributed by atoms with Gasteiger partial charge in [0.2, 0.25) is 0 Å². The van der Waals surface area contributed by atoms with Crippen LogP contribution in [0.1, 0.15) is 41.5 Å². The zero-order valence-corrected chi connectivity index (χ0v) is 13.5. The van der Waals surface area contributed by atoms with Crippen molar-refractivity contribution in [3.63, 3.8) is 0 Å². The smallest absolute Gasteiger partial charge is 0.252 e. The van der Waals surface area contributed by atoms with Crippen LogP contribution in [-0.4, -0.2) is 20.8 Å². The number of hydrogen-bond acceptors (Lipinski definition) is 3. The van der Waals surface area contributed by atoms with Crippen molar-refractivity contribution in [2.24, 2.45) is 4.99 Å². The highest BCUT2D eigenvalue weighted by Gasteiger charge is 2.39. The molecule has 0 N–H and O–H groups in total. The molecule has 0 atom stereocenters. The van der Waals surface area contributed by atoms with Crippen molar-refractivity contribution >= 4 is 14.7 Å². The molecule has 0 rings (SSSR count). The lowest BCUT2D eigenvalue weighted by Gasteiger charge is -2.36. The predicted molar refractivity (Wildman–Crippen MR) is 76.8 cm³/mol. The van der Waals surface area contributed by atoms with Crippen LogP contribution in [0.15, 0.2) is 17.0 Å². The molecule has 0 saturated heterocycles. The largest absolute Gasteiger partial charge is 0.531 e. The summed E-state index contributed by atoms with van der Waals surface area (Å²) in [5.41, 5.74) is 0. The van der Waals surface area contributed by atoms with Gasteiger partial charge in [-0.1, -0.05) is 20.8 Å². The third kappa shape index (κ3) is 5.91. The average Bonchev–Trinajstić information content (AvgIpc) is 2.13. The fraction of sp³-hybridized carbons (Fsp3) is 0.769. The predicted octanol–water partition coefficient (Wildman–Crippen LogP) is 4.32. The van der Waals surface area contributed by atoms with E-state index in [1.54, 1.807) is 0 Å². The Balaban J connectivity index is 4.58. The van der Waals surface area contributed by atoms with Crippen molar-refractivity contribution in [2.75, 3.05) is 0 Å². The first-order valence-corrected chi connectivity index (χ1v) is 9.04. The van der Waals surface area contributed by atoms with E-state index in [1.807, 2.05) is 26.8 Å². The molecular formula is C13H27NO2Si. The minimum absolute atomic E-state index is 0.143. The molecule has 0 bridgehead atoms. The van der Waals surface area contributed by atoms with Crippen LogP contribution in [0, 0.1) is 0 Å². The molecule has 3 nitrogen and oxygen atoms in total. The second-order valence-electron chi connectivity index (χ2n) is 5.91. The van der Waals surface area contributed by atoms with Gasteiger partial charge in [0.05, 0.1) is 6.10 Å². The van der Waals surface area contributed by atoms with Gasteiger partial charge < -0.3 is 9.16 Å². The number of rotatable bonds is 5. The van der Waals surface area contributed by atoms with Crippen molar-refractivity contribution in [1.82, 2.24) is 0 Å². The van der Waals surface area contributed by atoms with Gasteiger partial charge in [0, 0.05) is 0 Å². The van der Waals surface area contributed by atoms with Gasteiger partial charge in [-0.05, 0) is 45.0 Å². The molecule has 100 valence electrons. The SMILES string of the molecule is C/C=C(\N=C\OC(C)C)O[Si](C)(C)C(C)(C)C. The van der Waals surface area contributed by atoms with Gasteiger partial charge in [0.15, 0.2) is 12.3 Å². The Bertz CT molecular complexity index is 288. The lowest BCUT2D eigenvalue weighted by atomic mass is 10.2. The maximum absolute atomic E-state index is 6.06. The maximum atomic E-state index is 6.06. The van der Waals surface area contributed by atoms with Crippen molar-refractivity contribution < 1.29 is 9.16 Å². The average molecular weight is 257 g/mol. The van der Waals surface area contributed by atoms with Crippen LogP contribution in [0.2, 0.25) is 18.1 Å². The van der Waals surface area contributed by atoms with Crippen molar-refractivity contribution in [3.8, 4) is 0 Å². The Kier molecular flexibility index (Phi) is 5.95. The Morgan fingerprint density at radius 3 is 2.12 bits per heavy atom. The van der Waals surface area contributed by atoms with Gasteiger partial charge in [-0.25, -0.2) is 0 Å². The van der Waals surface area contributed by atoms with E-state index < -0.39 is 8.32 Å². The van der Waals surface area contributed by atoms with Crippen LogP contribution < -0.4 is 0 Å². The lowest BCUT2D eigenvalue weighted by molar-refractivity contribution is 0.239. The number of aliphatic imine (C=N–C) groups is 1. The molecule has 0 fully saturated rings. The van der Waals surface area contributed by atoms with E-state index in [0.29, 0.717) is 5.88 Å². The molecule has 0 saturated carbocycles. The molecule has 0 aliphatic rings. The van der Waals surface area contributed by atoms with E-state index in [1.165, 1.54) is 6.40 Å². The molecule has 0 unspecified atom stereocenters. The highest BCUT2D eigenvalue weighted by molar-refractivity contribution is 6.74. The van der Waals surface area contributed by atoms with Crippen LogP contribution in [0.25, 0.3) is 0 Å². The second-order valence-corrected chi connectivity index (χ2v) is 10.6. The molecule has 0 aromatic heterocycles. The molecule has 0 radical (unpaired) electrons. The maximum Gasteiger partial charge on any atom is 0.252 e. The van der Waals surface area contributed by atoms with E-state index in [2.05, 4.69) is 38.9 Å². The van der Waals surface area contributed by atoms with Gasteiger partial charge in [0.25, 0.3) is 8.32 Å². The summed E-state index contributed by atoms with van der Waals surface area (Å²) in [4.78, 5) is 4.21. The van der Waals surface area contributed by atoms with Crippen LogP contribution in [0.5, 0.6) is 0 Å². The monoisotopic (exact) mass is 257 g/mol. The summed E-state index contributed by atoms with van der Waals surface area (Å²) >= 11 is 0. The molecule has 0 heterocycles. The molecule has 0 aliphatic heterocycles. The fourth-order valence-electron chi connectivity index (χ4n) is 0.778. The number of nitrogens with zero attached hydrogens (tertiary/aromatic N) is 1. The normalized spacial score (nSPS) is 14.5. The number of ether oxygens (including phenoxy) is 1. The van der Waals surface area contributed by atoms with Crippen molar-refractivity contribution in [1.29, 1.82) is 0 Å². The van der Waals surface area contributed by atoms with Gasteiger partial charge in [-0.15, -0.1) is 0 Å². The third-order valence-corrected chi connectivity index (χ3v) is 7.26. The first-order chi connectivity index (χ1) is 7.60. The fourth-order valence-corrected chi connectivity index (χ4v) is 1.78. The van der Waals surface area contributed by atoms with Gasteiger partial charge in [-0.3, -0.25) is 0 Å². The Morgan fingerprint density at radius 1 is 1.24 bits per heavy atom. The molecular weight excluding hydrogens is 230 g/mol. The third-order valence-electron chi connectivity index (χ3n) is 2.93. The molecule has 0 spiro atoms. The summed E-state index contributed by atoms with van der Waals surface area (Å²) in [6.45, 7) is 16.9. The quantitative estimate of drug-likeness (QED) is 0.318. The van der Waals surface area contributed by atoms with Crippen LogP contribution >= 0.6 is 0 Å². The van der Waals surface area contributed by atoms with E-state index in [9.17, 15) is 0 Å². The van der Waals surface area contributed by atoms with Gasteiger partial charge in [0.1, 0.15) is 0 Å². The van der Waals surface area contributed by atoms with Gasteiger partial charge >= 0.3 is 0 Å². The van der Waals surface area contributed by atoms with Crippen LogP contribution in [-0.2, 0) is 9.16 Å². The minimum atomic E-state index is -1.80. The van der Waals surface area contributed by atoms with Crippen molar-refractivity contribution in [2.45, 2.75) is 65.8 Å². The molecule has 0 aliphatic carbocycles. The highest BCUT2D eigenvalue weighted by Crippen LogP contribution is 2.37. The second kappa shape index (κ2) is 6.24. The van der Waals surface area contributed by atoms with Gasteiger partial charge in [-0.2, -0.15) is 4.99 Å². The van der Waals surface area contributed by atoms with E-state index >= 15 is 0 Å². The molecule has 0 aromatic rings. The summed E-state index contributed by atoms with van der Waals surface area (Å²) in [7, 11) is -1.80. The summed E-state index contributed by atoms with van der Waals surface area (Å²) in [5, 5.41) is 0.176. The number of hydrogen-bond donors (Lipinski definition) is 0.